The third-order valence-electron chi connectivity index (χ3n) is 4.96. The van der Waals surface area contributed by atoms with Gasteiger partial charge in [0.1, 0.15) is 0 Å². The minimum absolute atomic E-state index is 0.0590. The number of benzene rings is 1. The summed E-state index contributed by atoms with van der Waals surface area (Å²) in [7, 11) is 0. The van der Waals surface area contributed by atoms with Crippen LogP contribution in [0.25, 0.3) is 5.69 Å². The minimum Gasteiger partial charge on any atom is -0.324 e. The lowest BCUT2D eigenvalue weighted by Crippen LogP contribution is -2.47. The highest BCUT2D eigenvalue weighted by Gasteiger charge is 2.27. The molecular formula is C19H23N5O. The monoisotopic (exact) mass is 337 g/mol. The zero-order chi connectivity index (χ0) is 17.1. The summed E-state index contributed by atoms with van der Waals surface area (Å²) in [6.07, 6.45) is 8.38. The molecule has 0 aliphatic carbocycles. The Balaban J connectivity index is 1.31. The number of nitrogens with zero attached hydrogens (tertiary/aromatic N) is 4. The molecule has 1 aromatic carbocycles. The first-order valence-electron chi connectivity index (χ1n) is 8.86. The van der Waals surface area contributed by atoms with Crippen LogP contribution in [-0.4, -0.2) is 57.8 Å². The van der Waals surface area contributed by atoms with Gasteiger partial charge in [-0.3, -0.25) is 10.2 Å². The maximum absolute atomic E-state index is 12.5. The van der Waals surface area contributed by atoms with Crippen molar-refractivity contribution in [3.8, 4) is 5.69 Å². The lowest BCUT2D eigenvalue weighted by molar-refractivity contribution is 0.144. The molecule has 2 aliphatic heterocycles. The lowest BCUT2D eigenvalue weighted by Gasteiger charge is -2.36. The molecule has 0 spiro atoms. The van der Waals surface area contributed by atoms with Gasteiger partial charge < -0.3 is 4.90 Å². The van der Waals surface area contributed by atoms with Crippen LogP contribution in [0.15, 0.2) is 54.7 Å². The molecular weight excluding hydrogens is 314 g/mol. The zero-order valence-electron chi connectivity index (χ0n) is 14.2. The van der Waals surface area contributed by atoms with Gasteiger partial charge in [-0.05, 0) is 25.0 Å². The topological polar surface area (TPSA) is 53.4 Å². The van der Waals surface area contributed by atoms with Crippen molar-refractivity contribution in [2.75, 3.05) is 31.5 Å². The van der Waals surface area contributed by atoms with Crippen molar-refractivity contribution in [1.82, 2.24) is 19.6 Å². The number of piperidine rings is 1. The van der Waals surface area contributed by atoms with Crippen molar-refractivity contribution in [2.24, 2.45) is 0 Å². The van der Waals surface area contributed by atoms with Gasteiger partial charge in [0.05, 0.1) is 5.69 Å². The van der Waals surface area contributed by atoms with Gasteiger partial charge in [0.2, 0.25) is 0 Å². The summed E-state index contributed by atoms with van der Waals surface area (Å²) < 4.78 is 1.77. The highest BCUT2D eigenvalue weighted by molar-refractivity contribution is 5.88. The third kappa shape index (κ3) is 3.58. The average molecular weight is 337 g/mol. The molecule has 3 heterocycles. The first-order valence-corrected chi connectivity index (χ1v) is 8.86. The largest absolute Gasteiger partial charge is 0.324 e. The second kappa shape index (κ2) is 7.11. The van der Waals surface area contributed by atoms with Crippen molar-refractivity contribution < 1.29 is 4.79 Å². The molecule has 1 fully saturated rings. The fourth-order valence-corrected chi connectivity index (χ4v) is 3.53. The first kappa shape index (κ1) is 15.9. The van der Waals surface area contributed by atoms with E-state index in [9.17, 15) is 4.79 Å². The first-order chi connectivity index (χ1) is 12.3. The van der Waals surface area contributed by atoms with E-state index in [0.29, 0.717) is 11.9 Å². The van der Waals surface area contributed by atoms with Crippen LogP contribution in [0.4, 0.5) is 10.6 Å². The molecule has 0 radical (unpaired) electrons. The summed E-state index contributed by atoms with van der Waals surface area (Å²) in [4.78, 5) is 16.9. The van der Waals surface area contributed by atoms with E-state index in [-0.39, 0.29) is 6.03 Å². The highest BCUT2D eigenvalue weighted by atomic mass is 16.2. The normalized spacial score (nSPS) is 18.6. The van der Waals surface area contributed by atoms with Gasteiger partial charge in [-0.2, -0.15) is 0 Å². The number of amides is 2. The molecule has 2 aliphatic rings. The average Bonchev–Trinajstić information content (AvgIpc) is 3.35. The zero-order valence-corrected chi connectivity index (χ0v) is 14.2. The molecule has 130 valence electrons. The molecule has 0 atom stereocenters. The summed E-state index contributed by atoms with van der Waals surface area (Å²) in [6, 6.07) is 12.2. The molecule has 0 saturated carbocycles. The van der Waals surface area contributed by atoms with Crippen LogP contribution < -0.4 is 5.32 Å². The van der Waals surface area contributed by atoms with Gasteiger partial charge in [-0.15, -0.1) is 5.10 Å². The number of rotatable bonds is 3. The number of carbonyl (C=O) groups is 1. The van der Waals surface area contributed by atoms with Gasteiger partial charge in [-0.1, -0.05) is 30.4 Å². The maximum Gasteiger partial charge on any atom is 0.323 e. The van der Waals surface area contributed by atoms with Gasteiger partial charge in [0.25, 0.3) is 0 Å². The molecule has 0 unspecified atom stereocenters. The third-order valence-corrected chi connectivity index (χ3v) is 4.96. The molecule has 2 aromatic rings. The summed E-state index contributed by atoms with van der Waals surface area (Å²) in [5, 5.41) is 7.35. The quantitative estimate of drug-likeness (QED) is 0.876. The summed E-state index contributed by atoms with van der Waals surface area (Å²) in [6.45, 7) is 3.69. The molecule has 6 heteroatoms. The van der Waals surface area contributed by atoms with E-state index < -0.39 is 0 Å². The minimum atomic E-state index is -0.0590. The Hall–Kier alpha value is -2.60. The van der Waals surface area contributed by atoms with Crippen molar-refractivity contribution in [3.63, 3.8) is 0 Å². The fraction of sp³-hybridized carbons (Fsp3) is 0.368. The molecule has 6 nitrogen and oxygen atoms in total. The number of aromatic nitrogens is 2. The number of carbonyl (C=O) groups excluding carboxylic acids is 1. The number of urea groups is 1. The molecule has 25 heavy (non-hydrogen) atoms. The van der Waals surface area contributed by atoms with E-state index in [1.54, 1.807) is 4.68 Å². The van der Waals surface area contributed by atoms with Crippen LogP contribution in [0.3, 0.4) is 0 Å². The lowest BCUT2D eigenvalue weighted by atomic mass is 10.0. The van der Waals surface area contributed by atoms with Crippen LogP contribution >= 0.6 is 0 Å². The standard InChI is InChI=1S/C19H23N5O/c25-19(23-13-8-16(9-14-23)22-11-4-5-12-22)20-18-10-15-24(21-18)17-6-2-1-3-7-17/h1-7,10,15-16H,8-9,11-14H2,(H,20,21,25). The Morgan fingerprint density at radius 2 is 1.76 bits per heavy atom. The van der Waals surface area contributed by atoms with Crippen molar-refractivity contribution in [3.05, 3.63) is 54.7 Å². The van der Waals surface area contributed by atoms with E-state index in [2.05, 4.69) is 27.5 Å². The molecule has 4 rings (SSSR count). The van der Waals surface area contributed by atoms with E-state index in [1.165, 1.54) is 0 Å². The van der Waals surface area contributed by atoms with E-state index in [0.717, 1.165) is 44.7 Å². The second-order valence-corrected chi connectivity index (χ2v) is 6.55. The van der Waals surface area contributed by atoms with Gasteiger partial charge >= 0.3 is 6.03 Å². The number of hydrogen-bond acceptors (Lipinski definition) is 3. The Bertz CT molecular complexity index is 738. The molecule has 1 N–H and O–H groups in total. The van der Waals surface area contributed by atoms with Crippen LogP contribution in [0, 0.1) is 0 Å². The second-order valence-electron chi connectivity index (χ2n) is 6.55. The van der Waals surface area contributed by atoms with Gasteiger partial charge in [-0.25, -0.2) is 9.48 Å². The van der Waals surface area contributed by atoms with Gasteiger partial charge in [0, 0.05) is 44.5 Å². The summed E-state index contributed by atoms with van der Waals surface area (Å²) in [5.41, 5.74) is 0.975. The maximum atomic E-state index is 12.5. The Labute approximate surface area is 147 Å². The van der Waals surface area contributed by atoms with Crippen LogP contribution in [0.5, 0.6) is 0 Å². The Kier molecular flexibility index (Phi) is 4.52. The Morgan fingerprint density at radius 1 is 1.04 bits per heavy atom. The SMILES string of the molecule is O=C(Nc1ccn(-c2ccccc2)n1)N1CCC(N2CC=CC2)CC1. The molecule has 2 amide bonds. The molecule has 0 bridgehead atoms. The molecule has 1 saturated heterocycles. The number of anilines is 1. The van der Waals surface area contributed by atoms with Crippen LogP contribution in [0.2, 0.25) is 0 Å². The summed E-state index contributed by atoms with van der Waals surface area (Å²) >= 11 is 0. The van der Waals surface area contributed by atoms with Crippen LogP contribution in [0.1, 0.15) is 12.8 Å². The number of hydrogen-bond donors (Lipinski definition) is 1. The Morgan fingerprint density at radius 3 is 2.48 bits per heavy atom. The summed E-state index contributed by atoms with van der Waals surface area (Å²) in [5.74, 6) is 0.583. The van der Waals surface area contributed by atoms with E-state index in [4.69, 9.17) is 0 Å². The number of nitrogens with one attached hydrogen (secondary N) is 1. The van der Waals surface area contributed by atoms with E-state index >= 15 is 0 Å². The number of para-hydroxylation sites is 1. The highest BCUT2D eigenvalue weighted by Crippen LogP contribution is 2.19. The fourth-order valence-electron chi connectivity index (χ4n) is 3.53. The van der Waals surface area contributed by atoms with Crippen molar-refractivity contribution >= 4 is 11.8 Å². The van der Waals surface area contributed by atoms with Crippen molar-refractivity contribution in [2.45, 2.75) is 18.9 Å². The predicted molar refractivity (Wildman–Crippen MR) is 97.9 cm³/mol. The number of likely N-dealkylation sites (tertiary alicyclic amines) is 1. The van der Waals surface area contributed by atoms with Crippen molar-refractivity contribution in [1.29, 1.82) is 0 Å². The van der Waals surface area contributed by atoms with Gasteiger partial charge in [0.15, 0.2) is 5.82 Å². The molecule has 1 aromatic heterocycles. The smallest absolute Gasteiger partial charge is 0.323 e. The van der Waals surface area contributed by atoms with E-state index in [1.807, 2.05) is 47.5 Å². The van der Waals surface area contributed by atoms with Crippen LogP contribution in [-0.2, 0) is 0 Å². The predicted octanol–water partition coefficient (Wildman–Crippen LogP) is 2.74.